The minimum atomic E-state index is -0.265. The van der Waals surface area contributed by atoms with Crippen molar-refractivity contribution in [3.63, 3.8) is 0 Å². The van der Waals surface area contributed by atoms with Gasteiger partial charge in [-0.2, -0.15) is 0 Å². The van der Waals surface area contributed by atoms with Crippen LogP contribution in [-0.4, -0.2) is 65.1 Å². The largest absolute Gasteiger partial charge is 0.354 e. The summed E-state index contributed by atoms with van der Waals surface area (Å²) in [5.74, 6) is 7.01. The Balaban J connectivity index is 1.41. The Morgan fingerprint density at radius 3 is 2.76 bits per heavy atom. The van der Waals surface area contributed by atoms with Crippen molar-refractivity contribution in [3.8, 4) is 0 Å². The maximum Gasteiger partial charge on any atom is 0.267 e. The van der Waals surface area contributed by atoms with Crippen LogP contribution in [0.15, 0.2) is 30.5 Å². The zero-order valence-electron chi connectivity index (χ0n) is 19.0. The molecule has 0 saturated carbocycles. The third kappa shape index (κ3) is 5.99. The first kappa shape index (κ1) is 24.3. The topological polar surface area (TPSA) is 122 Å². The standard InChI is InChI=1S/C22H27ClN8O2S/c1-14-4-3-5-16(23)20(14)29-21(32)17-13-25-22(34-17)28-18-12-19(27-15(2)26-18)31-8-6-30(7-9-31)10-11-33-24/h3-5,12-13H,6-11,24H2,1-2H3,(H,29,32)(H,25,26,27,28). The van der Waals surface area contributed by atoms with E-state index >= 15 is 0 Å². The van der Waals surface area contributed by atoms with Crippen molar-refractivity contribution in [2.24, 2.45) is 5.90 Å². The number of carbonyl (C=O) groups excluding carboxylic acids is 1. The minimum Gasteiger partial charge on any atom is -0.354 e. The number of aromatic nitrogens is 3. The lowest BCUT2D eigenvalue weighted by atomic mass is 10.2. The Hall–Kier alpha value is -2.83. The molecule has 0 bridgehead atoms. The molecular weight excluding hydrogens is 476 g/mol. The zero-order valence-corrected chi connectivity index (χ0v) is 20.6. The van der Waals surface area contributed by atoms with E-state index in [4.69, 9.17) is 17.5 Å². The molecule has 180 valence electrons. The fourth-order valence-electron chi connectivity index (χ4n) is 3.67. The molecule has 4 N–H and O–H groups in total. The number of nitrogens with two attached hydrogens (primary N) is 1. The van der Waals surface area contributed by atoms with Gasteiger partial charge in [0.1, 0.15) is 22.3 Å². The van der Waals surface area contributed by atoms with Gasteiger partial charge in [0.05, 0.1) is 23.5 Å². The van der Waals surface area contributed by atoms with E-state index in [0.29, 0.717) is 39.0 Å². The van der Waals surface area contributed by atoms with Gasteiger partial charge in [-0.1, -0.05) is 35.1 Å². The number of hydrogen-bond acceptors (Lipinski definition) is 10. The predicted molar refractivity (Wildman–Crippen MR) is 135 cm³/mol. The Labute approximate surface area is 207 Å². The molecule has 1 aliphatic rings. The smallest absolute Gasteiger partial charge is 0.267 e. The van der Waals surface area contributed by atoms with Crippen molar-refractivity contribution in [3.05, 3.63) is 51.7 Å². The van der Waals surface area contributed by atoms with Crippen molar-refractivity contribution in [2.45, 2.75) is 13.8 Å². The molecule has 1 aromatic carbocycles. The summed E-state index contributed by atoms with van der Waals surface area (Å²) in [6.07, 6.45) is 1.54. The van der Waals surface area contributed by atoms with Crippen LogP contribution in [0.2, 0.25) is 5.02 Å². The fourth-order valence-corrected chi connectivity index (χ4v) is 4.66. The minimum absolute atomic E-state index is 0.265. The summed E-state index contributed by atoms with van der Waals surface area (Å²) in [6, 6.07) is 7.38. The number of carbonyl (C=O) groups is 1. The number of para-hydroxylation sites is 1. The Morgan fingerprint density at radius 2 is 2.03 bits per heavy atom. The van der Waals surface area contributed by atoms with Gasteiger partial charge in [-0.25, -0.2) is 20.8 Å². The van der Waals surface area contributed by atoms with Crippen molar-refractivity contribution in [1.82, 2.24) is 19.9 Å². The van der Waals surface area contributed by atoms with Gasteiger partial charge in [-0.15, -0.1) is 0 Å². The van der Waals surface area contributed by atoms with E-state index in [1.807, 2.05) is 32.0 Å². The van der Waals surface area contributed by atoms with Gasteiger partial charge in [0.15, 0.2) is 5.13 Å². The molecule has 2 aromatic heterocycles. The predicted octanol–water partition coefficient (Wildman–Crippen LogP) is 3.21. The lowest BCUT2D eigenvalue weighted by Crippen LogP contribution is -2.47. The fraction of sp³-hybridized carbons (Fsp3) is 0.364. The van der Waals surface area contributed by atoms with Gasteiger partial charge in [0, 0.05) is 38.8 Å². The van der Waals surface area contributed by atoms with E-state index in [1.54, 1.807) is 6.07 Å². The maximum absolute atomic E-state index is 12.7. The summed E-state index contributed by atoms with van der Waals surface area (Å²) in [7, 11) is 0. The Bertz CT molecular complexity index is 1130. The summed E-state index contributed by atoms with van der Waals surface area (Å²) in [4.78, 5) is 35.8. The second kappa shape index (κ2) is 11.1. The van der Waals surface area contributed by atoms with Crippen LogP contribution in [0.3, 0.4) is 0 Å². The average molecular weight is 503 g/mol. The molecule has 10 nitrogen and oxygen atoms in total. The van der Waals surface area contributed by atoms with E-state index < -0.39 is 0 Å². The summed E-state index contributed by atoms with van der Waals surface area (Å²) < 4.78 is 0. The molecule has 1 saturated heterocycles. The molecule has 4 rings (SSSR count). The molecule has 0 atom stereocenters. The third-order valence-electron chi connectivity index (χ3n) is 5.47. The lowest BCUT2D eigenvalue weighted by Gasteiger charge is -2.35. The number of hydrogen-bond donors (Lipinski definition) is 3. The first-order valence-electron chi connectivity index (χ1n) is 10.9. The third-order valence-corrected chi connectivity index (χ3v) is 6.70. The number of amides is 1. The molecule has 34 heavy (non-hydrogen) atoms. The summed E-state index contributed by atoms with van der Waals surface area (Å²) in [5, 5.41) is 7.14. The first-order valence-corrected chi connectivity index (χ1v) is 12.1. The molecule has 0 unspecified atom stereocenters. The van der Waals surface area contributed by atoms with E-state index in [0.717, 1.165) is 44.1 Å². The highest BCUT2D eigenvalue weighted by atomic mass is 35.5. The average Bonchev–Trinajstić information content (AvgIpc) is 3.28. The van der Waals surface area contributed by atoms with Crippen LogP contribution in [0.25, 0.3) is 0 Å². The molecule has 3 aromatic rings. The lowest BCUT2D eigenvalue weighted by molar-refractivity contribution is 0.103. The van der Waals surface area contributed by atoms with Crippen LogP contribution >= 0.6 is 22.9 Å². The van der Waals surface area contributed by atoms with Crippen molar-refractivity contribution >= 4 is 51.3 Å². The van der Waals surface area contributed by atoms with Gasteiger partial charge in [-0.3, -0.25) is 9.69 Å². The number of halogens is 1. The maximum atomic E-state index is 12.7. The normalized spacial score (nSPS) is 14.3. The van der Waals surface area contributed by atoms with Crippen LogP contribution in [0.1, 0.15) is 21.1 Å². The highest BCUT2D eigenvalue weighted by molar-refractivity contribution is 7.17. The monoisotopic (exact) mass is 502 g/mol. The van der Waals surface area contributed by atoms with Crippen LogP contribution in [0.4, 0.5) is 22.5 Å². The highest BCUT2D eigenvalue weighted by Gasteiger charge is 2.19. The van der Waals surface area contributed by atoms with E-state index in [9.17, 15) is 4.79 Å². The summed E-state index contributed by atoms with van der Waals surface area (Å²) in [6.45, 7) is 8.60. The molecule has 1 aliphatic heterocycles. The number of nitrogens with one attached hydrogen (secondary N) is 2. The molecule has 1 amide bonds. The van der Waals surface area contributed by atoms with Crippen LogP contribution in [0.5, 0.6) is 0 Å². The van der Waals surface area contributed by atoms with Crippen molar-refractivity contribution in [1.29, 1.82) is 0 Å². The van der Waals surface area contributed by atoms with Gasteiger partial charge in [-0.05, 0) is 25.5 Å². The molecule has 12 heteroatoms. The number of rotatable bonds is 8. The highest BCUT2D eigenvalue weighted by Crippen LogP contribution is 2.28. The van der Waals surface area contributed by atoms with Crippen molar-refractivity contribution in [2.75, 3.05) is 54.9 Å². The van der Waals surface area contributed by atoms with Gasteiger partial charge in [0.2, 0.25) is 0 Å². The number of aryl methyl sites for hydroxylation is 2. The second-order valence-electron chi connectivity index (χ2n) is 7.90. The summed E-state index contributed by atoms with van der Waals surface area (Å²) in [5.41, 5.74) is 1.49. The number of anilines is 4. The van der Waals surface area contributed by atoms with Crippen molar-refractivity contribution < 1.29 is 9.63 Å². The molecular formula is C22H27ClN8O2S. The van der Waals surface area contributed by atoms with Crippen LogP contribution in [0, 0.1) is 13.8 Å². The van der Waals surface area contributed by atoms with Gasteiger partial charge >= 0.3 is 0 Å². The molecule has 3 heterocycles. The van der Waals surface area contributed by atoms with E-state index in [2.05, 4.69) is 40.2 Å². The molecule has 0 radical (unpaired) electrons. The van der Waals surface area contributed by atoms with Crippen LogP contribution in [-0.2, 0) is 4.84 Å². The molecule has 0 spiro atoms. The number of benzene rings is 1. The number of nitrogens with zero attached hydrogens (tertiary/aromatic N) is 5. The number of piperazine rings is 1. The quantitative estimate of drug-likeness (QED) is 0.398. The Kier molecular flexibility index (Phi) is 7.91. The SMILES string of the molecule is Cc1nc(Nc2ncc(C(=O)Nc3c(C)cccc3Cl)s2)cc(N2CCN(CCON)CC2)n1. The summed E-state index contributed by atoms with van der Waals surface area (Å²) >= 11 is 7.47. The van der Waals surface area contributed by atoms with Crippen LogP contribution < -0.4 is 21.4 Å². The number of thiazole rings is 1. The zero-order chi connectivity index (χ0) is 24.1. The second-order valence-corrected chi connectivity index (χ2v) is 9.34. The molecule has 1 fully saturated rings. The Morgan fingerprint density at radius 1 is 1.24 bits per heavy atom. The van der Waals surface area contributed by atoms with Gasteiger partial charge in [0.25, 0.3) is 5.91 Å². The molecule has 0 aliphatic carbocycles. The van der Waals surface area contributed by atoms with E-state index in [1.165, 1.54) is 17.5 Å². The van der Waals surface area contributed by atoms with Gasteiger partial charge < -0.3 is 20.4 Å². The van der Waals surface area contributed by atoms with E-state index in [-0.39, 0.29) is 5.91 Å². The first-order chi connectivity index (χ1) is 16.4.